The van der Waals surface area contributed by atoms with Crippen LogP contribution in [0.3, 0.4) is 0 Å². The first kappa shape index (κ1) is 19.1. The maximum Gasteiger partial charge on any atom is 0.276 e. The maximum absolute atomic E-state index is 13.2. The number of hydrogen-bond acceptors (Lipinski definition) is 5. The van der Waals surface area contributed by atoms with Crippen LogP contribution in [0.2, 0.25) is 0 Å². The molecule has 2 aromatic heterocycles. The molecule has 0 bridgehead atoms. The zero-order chi connectivity index (χ0) is 20.5. The van der Waals surface area contributed by atoms with Crippen LogP contribution in [0.25, 0.3) is 20.2 Å². The largest absolute Gasteiger partial charge is 0.497 e. The highest BCUT2D eigenvalue weighted by Crippen LogP contribution is 2.32. The summed E-state index contributed by atoms with van der Waals surface area (Å²) in [6.07, 6.45) is 0. The van der Waals surface area contributed by atoms with Gasteiger partial charge < -0.3 is 10.1 Å². The van der Waals surface area contributed by atoms with Gasteiger partial charge in [-0.3, -0.25) is 9.59 Å². The van der Waals surface area contributed by atoms with Crippen LogP contribution in [-0.4, -0.2) is 22.8 Å². The van der Waals surface area contributed by atoms with Crippen molar-refractivity contribution in [3.63, 3.8) is 0 Å². The number of hydrogen-bond donors (Lipinski definition) is 1. The standard InChI is InChI=1S/C22H21N3O3S/c1-13-20-19(17-9-4-5-10-18(17)29-20)22(27)25(24-13)14(2)21(26)23-12-15-7-6-8-16(11-15)28-3/h4-11,14H,12H2,1-3H3,(H,23,26)/t14-/m1/s1. The van der Waals surface area contributed by atoms with Gasteiger partial charge in [0.2, 0.25) is 5.91 Å². The van der Waals surface area contributed by atoms with E-state index >= 15 is 0 Å². The number of nitrogens with one attached hydrogen (secondary N) is 1. The lowest BCUT2D eigenvalue weighted by Gasteiger charge is -2.15. The molecule has 0 saturated carbocycles. The van der Waals surface area contributed by atoms with Crippen molar-refractivity contribution in [3.8, 4) is 5.75 Å². The van der Waals surface area contributed by atoms with E-state index in [-0.39, 0.29) is 11.5 Å². The van der Waals surface area contributed by atoms with E-state index in [4.69, 9.17) is 4.74 Å². The molecule has 0 aliphatic heterocycles. The van der Waals surface area contributed by atoms with Crippen LogP contribution in [0.4, 0.5) is 0 Å². The highest BCUT2D eigenvalue weighted by molar-refractivity contribution is 7.26. The fourth-order valence-electron chi connectivity index (χ4n) is 3.37. The molecule has 0 saturated heterocycles. The van der Waals surface area contributed by atoms with Gasteiger partial charge >= 0.3 is 0 Å². The number of ether oxygens (including phenoxy) is 1. The Kier molecular flexibility index (Phi) is 5.07. The van der Waals surface area contributed by atoms with E-state index in [1.54, 1.807) is 25.4 Å². The lowest BCUT2D eigenvalue weighted by molar-refractivity contribution is -0.124. The van der Waals surface area contributed by atoms with E-state index in [9.17, 15) is 9.59 Å². The van der Waals surface area contributed by atoms with Crippen LogP contribution >= 0.6 is 11.3 Å². The van der Waals surface area contributed by atoms with Crippen molar-refractivity contribution in [1.82, 2.24) is 15.1 Å². The first-order chi connectivity index (χ1) is 14.0. The molecule has 0 aliphatic rings. The predicted octanol–water partition coefficient (Wildman–Crippen LogP) is 3.81. The van der Waals surface area contributed by atoms with Gasteiger partial charge in [0.05, 0.1) is 22.9 Å². The molecule has 0 aliphatic carbocycles. The van der Waals surface area contributed by atoms with Crippen molar-refractivity contribution < 1.29 is 9.53 Å². The summed E-state index contributed by atoms with van der Waals surface area (Å²) < 4.78 is 8.41. The van der Waals surface area contributed by atoms with Gasteiger partial charge in [0.1, 0.15) is 11.8 Å². The molecule has 7 heteroatoms. The number of carbonyl (C=O) groups excluding carboxylic acids is 1. The Balaban J connectivity index is 1.64. The second-order valence-electron chi connectivity index (χ2n) is 6.88. The molecule has 0 radical (unpaired) electrons. The average Bonchev–Trinajstić information content (AvgIpc) is 3.15. The molecule has 0 spiro atoms. The molecule has 29 heavy (non-hydrogen) atoms. The van der Waals surface area contributed by atoms with Crippen LogP contribution in [0.5, 0.6) is 5.75 Å². The Morgan fingerprint density at radius 1 is 1.24 bits per heavy atom. The van der Waals surface area contributed by atoms with Crippen molar-refractivity contribution in [2.45, 2.75) is 26.4 Å². The first-order valence-corrected chi connectivity index (χ1v) is 10.1. The Morgan fingerprint density at radius 2 is 2.03 bits per heavy atom. The van der Waals surface area contributed by atoms with Gasteiger partial charge in [0.25, 0.3) is 5.56 Å². The van der Waals surface area contributed by atoms with Gasteiger partial charge in [-0.15, -0.1) is 11.3 Å². The summed E-state index contributed by atoms with van der Waals surface area (Å²) in [6.45, 7) is 3.90. The second kappa shape index (κ2) is 7.67. The normalized spacial score (nSPS) is 12.2. The van der Waals surface area contributed by atoms with Crippen LogP contribution in [0.15, 0.2) is 53.3 Å². The van der Waals surface area contributed by atoms with Gasteiger partial charge in [-0.05, 0) is 37.6 Å². The van der Waals surface area contributed by atoms with Crippen LogP contribution in [0, 0.1) is 6.92 Å². The van der Waals surface area contributed by atoms with Crippen molar-refractivity contribution in [3.05, 3.63) is 70.1 Å². The summed E-state index contributed by atoms with van der Waals surface area (Å²) in [5.41, 5.74) is 1.42. The average molecular weight is 407 g/mol. The summed E-state index contributed by atoms with van der Waals surface area (Å²) in [6, 6.07) is 14.6. The fraction of sp³-hybridized carbons (Fsp3) is 0.227. The third kappa shape index (κ3) is 3.49. The van der Waals surface area contributed by atoms with Crippen LogP contribution < -0.4 is 15.6 Å². The molecule has 148 valence electrons. The molecule has 1 amide bonds. The van der Waals surface area contributed by atoms with E-state index < -0.39 is 6.04 Å². The number of thiophene rings is 1. The highest BCUT2D eigenvalue weighted by atomic mass is 32.1. The summed E-state index contributed by atoms with van der Waals surface area (Å²) in [4.78, 5) is 25.9. The molecule has 4 rings (SSSR count). The number of amides is 1. The molecule has 1 atom stereocenters. The van der Waals surface area contributed by atoms with Crippen LogP contribution in [-0.2, 0) is 11.3 Å². The molecule has 0 unspecified atom stereocenters. The van der Waals surface area contributed by atoms with Crippen molar-refractivity contribution >= 4 is 37.4 Å². The summed E-state index contributed by atoms with van der Waals surface area (Å²) in [5.74, 6) is 0.466. The number of nitrogens with zero attached hydrogens (tertiary/aromatic N) is 2. The van der Waals surface area contributed by atoms with Crippen molar-refractivity contribution in [2.24, 2.45) is 0 Å². The number of aryl methyl sites for hydroxylation is 1. The lowest BCUT2D eigenvalue weighted by Crippen LogP contribution is -2.37. The number of benzene rings is 2. The molecule has 4 aromatic rings. The van der Waals surface area contributed by atoms with Gasteiger partial charge in [-0.25, -0.2) is 4.68 Å². The van der Waals surface area contributed by atoms with Crippen molar-refractivity contribution in [1.29, 1.82) is 0 Å². The molecule has 2 heterocycles. The first-order valence-electron chi connectivity index (χ1n) is 9.31. The quantitative estimate of drug-likeness (QED) is 0.546. The molecular weight excluding hydrogens is 386 g/mol. The number of carbonyl (C=O) groups is 1. The topological polar surface area (TPSA) is 73.2 Å². The molecular formula is C22H21N3O3S. The smallest absolute Gasteiger partial charge is 0.276 e. The highest BCUT2D eigenvalue weighted by Gasteiger charge is 2.21. The Labute approximate surface area is 171 Å². The number of aromatic nitrogens is 2. The molecule has 6 nitrogen and oxygen atoms in total. The lowest BCUT2D eigenvalue weighted by atomic mass is 10.2. The van der Waals surface area contributed by atoms with E-state index in [0.717, 1.165) is 31.8 Å². The van der Waals surface area contributed by atoms with Crippen molar-refractivity contribution in [2.75, 3.05) is 7.11 Å². The third-order valence-corrected chi connectivity index (χ3v) is 6.23. The number of methoxy groups -OCH3 is 1. The molecule has 2 aromatic carbocycles. The predicted molar refractivity (Wildman–Crippen MR) is 116 cm³/mol. The van der Waals surface area contributed by atoms with Gasteiger partial charge in [0, 0.05) is 16.6 Å². The fourth-order valence-corrected chi connectivity index (χ4v) is 4.51. The third-order valence-electron chi connectivity index (χ3n) is 4.95. The van der Waals surface area contributed by atoms with Gasteiger partial charge in [-0.2, -0.15) is 5.10 Å². The summed E-state index contributed by atoms with van der Waals surface area (Å²) >= 11 is 1.55. The Morgan fingerprint density at radius 3 is 2.83 bits per heavy atom. The zero-order valence-corrected chi connectivity index (χ0v) is 17.2. The van der Waals surface area contributed by atoms with E-state index in [1.165, 1.54) is 4.68 Å². The van der Waals surface area contributed by atoms with Gasteiger partial charge in [-0.1, -0.05) is 30.3 Å². The molecule has 1 N–H and O–H groups in total. The van der Waals surface area contributed by atoms with E-state index in [1.807, 2.05) is 55.5 Å². The monoisotopic (exact) mass is 407 g/mol. The zero-order valence-electron chi connectivity index (χ0n) is 16.4. The molecule has 0 fully saturated rings. The van der Waals surface area contributed by atoms with E-state index in [2.05, 4.69) is 10.4 Å². The van der Waals surface area contributed by atoms with Gasteiger partial charge in [0.15, 0.2) is 0 Å². The summed E-state index contributed by atoms with van der Waals surface area (Å²) in [7, 11) is 1.60. The minimum atomic E-state index is -0.727. The maximum atomic E-state index is 13.2. The Bertz CT molecular complexity index is 1280. The van der Waals surface area contributed by atoms with Crippen LogP contribution in [0.1, 0.15) is 24.2 Å². The minimum Gasteiger partial charge on any atom is -0.497 e. The number of rotatable bonds is 5. The SMILES string of the molecule is COc1cccc(CNC(=O)[C@@H](C)n2nc(C)c3sc4ccccc4c3c2=O)c1. The second-order valence-corrected chi connectivity index (χ2v) is 7.93. The van der Waals surface area contributed by atoms with E-state index in [0.29, 0.717) is 11.9 Å². The summed E-state index contributed by atoms with van der Waals surface area (Å²) in [5, 5.41) is 8.85. The Hall–Kier alpha value is -3.19. The minimum absolute atomic E-state index is 0.243. The number of fused-ring (bicyclic) bond motifs is 3.